The van der Waals surface area contributed by atoms with Crippen LogP contribution in [-0.4, -0.2) is 46.9 Å². The number of hydrogen-bond acceptors (Lipinski definition) is 4. The zero-order valence-electron chi connectivity index (χ0n) is 16.9. The average Bonchev–Trinajstić information content (AvgIpc) is 2.67. The largest absolute Gasteiger partial charge is 0.366 e. The Labute approximate surface area is 174 Å². The Balaban J connectivity index is 1.17. The van der Waals surface area contributed by atoms with Gasteiger partial charge >= 0.3 is 6.03 Å². The lowest BCUT2D eigenvalue weighted by atomic mass is 9.60. The summed E-state index contributed by atoms with van der Waals surface area (Å²) in [7, 11) is 0. The molecule has 8 heteroatoms. The van der Waals surface area contributed by atoms with Crippen LogP contribution < -0.4 is 16.4 Å². The highest BCUT2D eigenvalue weighted by molar-refractivity contribution is 5.94. The van der Waals surface area contributed by atoms with Crippen molar-refractivity contribution in [3.05, 3.63) is 65.0 Å². The molecule has 4 rings (SSSR count). The predicted molar refractivity (Wildman–Crippen MR) is 111 cm³/mol. The molecule has 2 fully saturated rings. The van der Waals surface area contributed by atoms with Crippen molar-refractivity contribution < 1.29 is 14.4 Å². The van der Waals surface area contributed by atoms with E-state index in [0.717, 1.165) is 37.2 Å². The van der Waals surface area contributed by atoms with Crippen molar-refractivity contribution in [3.8, 4) is 0 Å². The zero-order chi connectivity index (χ0) is 21.3. The Hall–Kier alpha value is -3.42. The van der Waals surface area contributed by atoms with Crippen LogP contribution in [0.4, 0.5) is 4.79 Å². The fourth-order valence-corrected chi connectivity index (χ4v) is 4.24. The van der Waals surface area contributed by atoms with Crippen LogP contribution in [-0.2, 0) is 6.54 Å². The Morgan fingerprint density at radius 2 is 1.77 bits per heavy atom. The van der Waals surface area contributed by atoms with Gasteiger partial charge in [0.15, 0.2) is 0 Å². The molecule has 0 atom stereocenters. The van der Waals surface area contributed by atoms with Crippen LogP contribution in [0, 0.1) is 12.3 Å². The summed E-state index contributed by atoms with van der Waals surface area (Å²) in [5, 5.41) is 5.81. The number of pyridine rings is 1. The highest BCUT2D eigenvalue weighted by Crippen LogP contribution is 2.48. The van der Waals surface area contributed by atoms with E-state index in [1.165, 1.54) is 0 Å². The highest BCUT2D eigenvalue weighted by atomic mass is 16.2. The number of primary amides is 1. The maximum atomic E-state index is 12.5. The number of carbonyl (C=O) groups excluding carboxylic acids is 3. The summed E-state index contributed by atoms with van der Waals surface area (Å²) in [6.07, 6.45) is 3.38. The lowest BCUT2D eigenvalue weighted by Crippen LogP contribution is -2.67. The van der Waals surface area contributed by atoms with Gasteiger partial charge in [-0.1, -0.05) is 12.1 Å². The lowest BCUT2D eigenvalue weighted by Gasteiger charge is -2.59. The van der Waals surface area contributed by atoms with E-state index in [1.807, 2.05) is 24.0 Å². The smallest absolute Gasteiger partial charge is 0.315 e. The minimum Gasteiger partial charge on any atom is -0.366 e. The topological polar surface area (TPSA) is 117 Å². The molecule has 0 unspecified atom stereocenters. The van der Waals surface area contributed by atoms with Crippen LogP contribution in [0.2, 0.25) is 0 Å². The summed E-state index contributed by atoms with van der Waals surface area (Å²) < 4.78 is 0. The average molecular weight is 407 g/mol. The zero-order valence-corrected chi connectivity index (χ0v) is 16.9. The maximum absolute atomic E-state index is 12.5. The highest BCUT2D eigenvalue weighted by Gasteiger charge is 2.54. The number of carbonyl (C=O) groups is 3. The quantitative estimate of drug-likeness (QED) is 0.698. The van der Waals surface area contributed by atoms with Crippen LogP contribution in [0.5, 0.6) is 0 Å². The number of benzene rings is 1. The first kappa shape index (κ1) is 19.9. The molecule has 1 aliphatic heterocycles. The standard InChI is InChI=1S/C22H25N5O3/c1-14-2-5-17(11-24-14)20(29)27-12-22(13-27)8-18(9-22)26-21(30)25-10-15-3-6-16(7-4-15)19(23)28/h2-7,11,18H,8-10,12-13H2,1H3,(H2,23,28)(H2,25,26,30). The van der Waals surface area contributed by atoms with E-state index in [1.54, 1.807) is 30.5 Å². The molecule has 1 aromatic carbocycles. The fraction of sp³-hybridized carbons (Fsp3) is 0.364. The minimum atomic E-state index is -0.474. The second kappa shape index (κ2) is 7.78. The first-order chi connectivity index (χ1) is 14.3. The fourth-order valence-electron chi connectivity index (χ4n) is 4.24. The normalized spacial score (nSPS) is 17.0. The molecular formula is C22H25N5O3. The van der Waals surface area contributed by atoms with Crippen LogP contribution in [0.3, 0.4) is 0 Å². The van der Waals surface area contributed by atoms with E-state index >= 15 is 0 Å². The molecule has 1 saturated carbocycles. The van der Waals surface area contributed by atoms with Crippen molar-refractivity contribution in [2.45, 2.75) is 32.4 Å². The van der Waals surface area contributed by atoms with Crippen molar-refractivity contribution in [1.29, 1.82) is 0 Å². The number of amides is 4. The van der Waals surface area contributed by atoms with Crippen LogP contribution in [0.25, 0.3) is 0 Å². The second-order valence-corrected chi connectivity index (χ2v) is 8.34. The summed E-state index contributed by atoms with van der Waals surface area (Å²) >= 11 is 0. The molecule has 8 nitrogen and oxygen atoms in total. The first-order valence-corrected chi connectivity index (χ1v) is 9.99. The molecule has 30 heavy (non-hydrogen) atoms. The molecule has 2 aromatic rings. The summed E-state index contributed by atoms with van der Waals surface area (Å²) in [5.41, 5.74) is 8.19. The summed E-state index contributed by atoms with van der Waals surface area (Å²) in [6, 6.07) is 10.4. The number of likely N-dealkylation sites (tertiary alicyclic amines) is 1. The van der Waals surface area contributed by atoms with E-state index < -0.39 is 5.91 Å². The van der Waals surface area contributed by atoms with Gasteiger partial charge in [-0.05, 0) is 49.6 Å². The van der Waals surface area contributed by atoms with Gasteiger partial charge in [0.05, 0.1) is 5.56 Å². The number of nitrogens with zero attached hydrogens (tertiary/aromatic N) is 2. The molecule has 1 aliphatic carbocycles. The molecule has 1 spiro atoms. The number of urea groups is 1. The third kappa shape index (κ3) is 4.12. The van der Waals surface area contributed by atoms with E-state index in [4.69, 9.17) is 5.73 Å². The van der Waals surface area contributed by atoms with E-state index in [2.05, 4.69) is 15.6 Å². The monoisotopic (exact) mass is 407 g/mol. The number of nitrogens with two attached hydrogens (primary N) is 1. The van der Waals surface area contributed by atoms with Crippen LogP contribution in [0.15, 0.2) is 42.6 Å². The van der Waals surface area contributed by atoms with Gasteiger partial charge in [-0.3, -0.25) is 14.6 Å². The Morgan fingerprint density at radius 3 is 2.37 bits per heavy atom. The van der Waals surface area contributed by atoms with Gasteiger partial charge in [-0.2, -0.15) is 0 Å². The Kier molecular flexibility index (Phi) is 5.15. The minimum absolute atomic E-state index is 0.0182. The molecular weight excluding hydrogens is 382 g/mol. The van der Waals surface area contributed by atoms with Gasteiger partial charge in [0.25, 0.3) is 5.91 Å². The number of aryl methyl sites for hydroxylation is 1. The van der Waals surface area contributed by atoms with Crippen LogP contribution >= 0.6 is 0 Å². The Morgan fingerprint density at radius 1 is 1.10 bits per heavy atom. The van der Waals surface area contributed by atoms with Crippen molar-refractivity contribution in [3.63, 3.8) is 0 Å². The molecule has 2 heterocycles. The molecule has 156 valence electrons. The van der Waals surface area contributed by atoms with Gasteiger partial charge in [0, 0.05) is 48.5 Å². The third-order valence-electron chi connectivity index (χ3n) is 5.88. The maximum Gasteiger partial charge on any atom is 0.315 e. The van der Waals surface area contributed by atoms with E-state index in [9.17, 15) is 14.4 Å². The molecule has 4 amide bonds. The van der Waals surface area contributed by atoms with E-state index in [-0.39, 0.29) is 23.4 Å². The van der Waals surface area contributed by atoms with Crippen LogP contribution in [0.1, 0.15) is 44.8 Å². The van der Waals surface area contributed by atoms with Crippen molar-refractivity contribution in [2.24, 2.45) is 11.1 Å². The molecule has 4 N–H and O–H groups in total. The van der Waals surface area contributed by atoms with E-state index in [0.29, 0.717) is 17.7 Å². The summed E-state index contributed by atoms with van der Waals surface area (Å²) in [4.78, 5) is 41.7. The molecule has 0 radical (unpaired) electrons. The molecule has 1 saturated heterocycles. The van der Waals surface area contributed by atoms with Gasteiger partial charge < -0.3 is 21.3 Å². The number of aromatic nitrogens is 1. The summed E-state index contributed by atoms with van der Waals surface area (Å²) in [6.45, 7) is 3.72. The van der Waals surface area contributed by atoms with Crippen molar-refractivity contribution in [2.75, 3.05) is 13.1 Å². The second-order valence-electron chi connectivity index (χ2n) is 8.34. The van der Waals surface area contributed by atoms with Gasteiger partial charge in [-0.25, -0.2) is 4.79 Å². The first-order valence-electron chi connectivity index (χ1n) is 9.99. The molecule has 2 aliphatic rings. The van der Waals surface area contributed by atoms with Gasteiger partial charge in [-0.15, -0.1) is 0 Å². The van der Waals surface area contributed by atoms with Crippen molar-refractivity contribution >= 4 is 17.8 Å². The Bertz CT molecular complexity index is 957. The third-order valence-corrected chi connectivity index (χ3v) is 5.88. The van der Waals surface area contributed by atoms with Crippen molar-refractivity contribution in [1.82, 2.24) is 20.5 Å². The lowest BCUT2D eigenvalue weighted by molar-refractivity contribution is -0.0585. The molecule has 1 aromatic heterocycles. The number of rotatable bonds is 5. The SMILES string of the molecule is Cc1ccc(C(=O)N2CC3(CC(NC(=O)NCc4ccc(C(N)=O)cc4)C3)C2)cn1. The molecule has 0 bridgehead atoms. The number of hydrogen-bond donors (Lipinski definition) is 3. The van der Waals surface area contributed by atoms with Gasteiger partial charge in [0.2, 0.25) is 5.91 Å². The van der Waals surface area contributed by atoms with Gasteiger partial charge in [0.1, 0.15) is 0 Å². The number of nitrogens with one attached hydrogen (secondary N) is 2. The predicted octanol–water partition coefficient (Wildman–Crippen LogP) is 1.59. The summed E-state index contributed by atoms with van der Waals surface area (Å²) in [5.74, 6) is -0.456.